The molecule has 2 aliphatic carbocycles. The molecule has 0 aromatic carbocycles. The second-order valence-corrected chi connectivity index (χ2v) is 8.09. The second-order valence-electron chi connectivity index (χ2n) is 6.80. The van der Waals surface area contributed by atoms with E-state index in [-0.39, 0.29) is 11.3 Å². The molecule has 1 amide bonds. The summed E-state index contributed by atoms with van der Waals surface area (Å²) in [5, 5.41) is 3.21. The van der Waals surface area contributed by atoms with E-state index in [4.69, 9.17) is 0 Å². The third-order valence-electron chi connectivity index (χ3n) is 4.91. The van der Waals surface area contributed by atoms with Crippen LogP contribution in [0, 0.1) is 17.3 Å². The van der Waals surface area contributed by atoms with Gasteiger partial charge in [0.05, 0.1) is 0 Å². The van der Waals surface area contributed by atoms with Crippen molar-refractivity contribution in [2.75, 3.05) is 6.54 Å². The van der Waals surface area contributed by atoms with E-state index >= 15 is 0 Å². The Bertz CT molecular complexity index is 295. The van der Waals surface area contributed by atoms with E-state index < -0.39 is 0 Å². The standard InChI is InChI=1S/C15H26BrNO/c1-15(2)9-3-4-13(15)14(18)17-10-11-5-7-12(16)8-6-11/h11-13H,3-10H2,1-2H3,(H,17,18). The minimum absolute atomic E-state index is 0.206. The number of halogens is 1. The van der Waals surface area contributed by atoms with Crippen molar-refractivity contribution in [2.24, 2.45) is 17.3 Å². The smallest absolute Gasteiger partial charge is 0.223 e. The molecule has 1 N–H and O–H groups in total. The molecule has 0 heterocycles. The maximum absolute atomic E-state index is 12.2. The van der Waals surface area contributed by atoms with Crippen LogP contribution in [-0.4, -0.2) is 17.3 Å². The van der Waals surface area contributed by atoms with Gasteiger partial charge in [-0.3, -0.25) is 4.79 Å². The predicted molar refractivity (Wildman–Crippen MR) is 78.8 cm³/mol. The molecule has 18 heavy (non-hydrogen) atoms. The number of carbonyl (C=O) groups is 1. The fraction of sp³-hybridized carbons (Fsp3) is 0.933. The monoisotopic (exact) mass is 315 g/mol. The van der Waals surface area contributed by atoms with E-state index in [2.05, 4.69) is 35.1 Å². The molecule has 3 heteroatoms. The highest BCUT2D eigenvalue weighted by atomic mass is 79.9. The van der Waals surface area contributed by atoms with Gasteiger partial charge in [0.2, 0.25) is 5.91 Å². The van der Waals surface area contributed by atoms with Crippen LogP contribution in [0.4, 0.5) is 0 Å². The van der Waals surface area contributed by atoms with Crippen LogP contribution >= 0.6 is 15.9 Å². The molecule has 2 rings (SSSR count). The Morgan fingerprint density at radius 2 is 1.89 bits per heavy atom. The Labute approximate surface area is 119 Å². The van der Waals surface area contributed by atoms with Gasteiger partial charge in [-0.05, 0) is 49.9 Å². The van der Waals surface area contributed by atoms with Crippen LogP contribution in [0.2, 0.25) is 0 Å². The van der Waals surface area contributed by atoms with Crippen molar-refractivity contribution in [3.8, 4) is 0 Å². The van der Waals surface area contributed by atoms with Gasteiger partial charge in [0, 0.05) is 17.3 Å². The molecular formula is C15H26BrNO. The zero-order valence-corrected chi connectivity index (χ0v) is 13.3. The Morgan fingerprint density at radius 3 is 2.44 bits per heavy atom. The Hall–Kier alpha value is -0.0500. The number of nitrogens with one attached hydrogen (secondary N) is 1. The highest BCUT2D eigenvalue weighted by Crippen LogP contribution is 2.42. The van der Waals surface area contributed by atoms with Gasteiger partial charge >= 0.3 is 0 Å². The van der Waals surface area contributed by atoms with Crippen LogP contribution in [0.3, 0.4) is 0 Å². The number of amides is 1. The summed E-state index contributed by atoms with van der Waals surface area (Å²) >= 11 is 3.68. The second kappa shape index (κ2) is 5.94. The molecule has 0 bridgehead atoms. The summed E-state index contributed by atoms with van der Waals surface area (Å²) in [7, 11) is 0. The van der Waals surface area contributed by atoms with Crippen LogP contribution in [0.15, 0.2) is 0 Å². The lowest BCUT2D eigenvalue weighted by Gasteiger charge is -2.28. The summed E-state index contributed by atoms with van der Waals surface area (Å²) in [6.07, 6.45) is 8.51. The first-order valence-electron chi connectivity index (χ1n) is 7.41. The number of carbonyl (C=O) groups excluding carboxylic acids is 1. The molecule has 2 aliphatic rings. The number of hydrogen-bond acceptors (Lipinski definition) is 1. The predicted octanol–water partition coefficient (Wildman–Crippen LogP) is 3.88. The topological polar surface area (TPSA) is 29.1 Å². The van der Waals surface area contributed by atoms with E-state index in [9.17, 15) is 4.79 Å². The van der Waals surface area contributed by atoms with Crippen molar-refractivity contribution in [2.45, 2.75) is 63.6 Å². The molecule has 0 aliphatic heterocycles. The molecular weight excluding hydrogens is 290 g/mol. The zero-order chi connectivity index (χ0) is 13.2. The summed E-state index contributed by atoms with van der Waals surface area (Å²) in [5.41, 5.74) is 0.206. The van der Waals surface area contributed by atoms with E-state index in [1.807, 2.05) is 0 Å². The lowest BCUT2D eigenvalue weighted by molar-refractivity contribution is -0.127. The summed E-state index contributed by atoms with van der Waals surface area (Å²) < 4.78 is 0. The number of hydrogen-bond donors (Lipinski definition) is 1. The average Bonchev–Trinajstić information content (AvgIpc) is 2.68. The molecule has 0 aromatic rings. The van der Waals surface area contributed by atoms with Gasteiger partial charge in [0.25, 0.3) is 0 Å². The van der Waals surface area contributed by atoms with E-state index in [0.717, 1.165) is 13.0 Å². The number of rotatable bonds is 3. The first kappa shape index (κ1) is 14.4. The van der Waals surface area contributed by atoms with Gasteiger partial charge in [-0.2, -0.15) is 0 Å². The lowest BCUT2D eigenvalue weighted by atomic mass is 9.81. The molecule has 2 nitrogen and oxygen atoms in total. The maximum atomic E-state index is 12.2. The maximum Gasteiger partial charge on any atom is 0.223 e. The van der Waals surface area contributed by atoms with Gasteiger partial charge in [0.1, 0.15) is 0 Å². The summed E-state index contributed by atoms with van der Waals surface area (Å²) in [5.74, 6) is 1.25. The van der Waals surface area contributed by atoms with Gasteiger partial charge < -0.3 is 5.32 Å². The molecule has 0 aromatic heterocycles. The van der Waals surface area contributed by atoms with Crippen molar-refractivity contribution in [1.82, 2.24) is 5.32 Å². The number of alkyl halides is 1. The van der Waals surface area contributed by atoms with Gasteiger partial charge in [0.15, 0.2) is 0 Å². The van der Waals surface area contributed by atoms with E-state index in [1.54, 1.807) is 0 Å². The molecule has 104 valence electrons. The molecule has 2 saturated carbocycles. The highest BCUT2D eigenvalue weighted by molar-refractivity contribution is 9.09. The molecule has 1 atom stereocenters. The molecule has 2 fully saturated rings. The third kappa shape index (κ3) is 3.49. The summed E-state index contributed by atoms with van der Waals surface area (Å²) in [4.78, 5) is 13.0. The van der Waals surface area contributed by atoms with Crippen molar-refractivity contribution in [3.05, 3.63) is 0 Å². The van der Waals surface area contributed by atoms with Gasteiger partial charge in [-0.25, -0.2) is 0 Å². The molecule has 1 unspecified atom stereocenters. The minimum Gasteiger partial charge on any atom is -0.356 e. The first-order chi connectivity index (χ1) is 8.49. The fourth-order valence-electron chi connectivity index (χ4n) is 3.51. The van der Waals surface area contributed by atoms with Crippen molar-refractivity contribution in [3.63, 3.8) is 0 Å². The van der Waals surface area contributed by atoms with Crippen LogP contribution < -0.4 is 5.32 Å². The van der Waals surface area contributed by atoms with E-state index in [0.29, 0.717) is 16.7 Å². The third-order valence-corrected chi connectivity index (χ3v) is 5.83. The fourth-order valence-corrected chi connectivity index (χ4v) is 4.04. The van der Waals surface area contributed by atoms with Crippen molar-refractivity contribution in [1.29, 1.82) is 0 Å². The van der Waals surface area contributed by atoms with E-state index in [1.165, 1.54) is 38.5 Å². The SMILES string of the molecule is CC1(C)CCCC1C(=O)NCC1CCC(Br)CC1. The van der Waals surface area contributed by atoms with Crippen molar-refractivity contribution >= 4 is 21.8 Å². The first-order valence-corrected chi connectivity index (χ1v) is 8.32. The normalized spacial score (nSPS) is 35.4. The Morgan fingerprint density at radius 1 is 1.22 bits per heavy atom. The van der Waals surface area contributed by atoms with Crippen LogP contribution in [0.5, 0.6) is 0 Å². The zero-order valence-electron chi connectivity index (χ0n) is 11.7. The molecule has 0 saturated heterocycles. The molecule has 0 spiro atoms. The Kier molecular flexibility index (Phi) is 4.74. The van der Waals surface area contributed by atoms with Gasteiger partial charge in [-0.15, -0.1) is 0 Å². The van der Waals surface area contributed by atoms with Crippen LogP contribution in [0.25, 0.3) is 0 Å². The average molecular weight is 316 g/mol. The minimum atomic E-state index is 0.206. The highest BCUT2D eigenvalue weighted by Gasteiger charge is 2.39. The van der Waals surface area contributed by atoms with Crippen LogP contribution in [-0.2, 0) is 4.79 Å². The van der Waals surface area contributed by atoms with Gasteiger partial charge in [-0.1, -0.05) is 36.2 Å². The quantitative estimate of drug-likeness (QED) is 0.787. The largest absolute Gasteiger partial charge is 0.356 e. The molecule has 0 radical (unpaired) electrons. The van der Waals surface area contributed by atoms with Crippen LogP contribution in [0.1, 0.15) is 58.8 Å². The Balaban J connectivity index is 1.75. The summed E-state index contributed by atoms with van der Waals surface area (Å²) in [6, 6.07) is 0. The summed E-state index contributed by atoms with van der Waals surface area (Å²) in [6.45, 7) is 5.37. The van der Waals surface area contributed by atoms with Crippen molar-refractivity contribution < 1.29 is 4.79 Å². The lowest BCUT2D eigenvalue weighted by Crippen LogP contribution is -2.39.